The minimum absolute atomic E-state index is 0.0439. The molecule has 1 aliphatic heterocycles. The van der Waals surface area contributed by atoms with E-state index in [0.29, 0.717) is 13.0 Å². The highest BCUT2D eigenvalue weighted by Crippen LogP contribution is 2.22. The molecule has 2 aromatic rings. The fourth-order valence-electron chi connectivity index (χ4n) is 3.96. The topological polar surface area (TPSA) is 35.6 Å². The standard InChI is InChI=1S/C24H32FN3O/c1-3-27-13-15-28(16-14-27)23(21-7-5-4-6-8-21)18-26-24(29)19(2)17-20-9-11-22(25)12-10-20/h4-12,19,23H,3,13-18H2,1-2H3,(H,26,29). The summed E-state index contributed by atoms with van der Waals surface area (Å²) in [7, 11) is 0. The Bertz CT molecular complexity index is 757. The van der Waals surface area contributed by atoms with Crippen LogP contribution in [0.2, 0.25) is 0 Å². The molecule has 2 aromatic carbocycles. The maximum absolute atomic E-state index is 13.1. The highest BCUT2D eigenvalue weighted by Gasteiger charge is 2.25. The molecule has 1 heterocycles. The van der Waals surface area contributed by atoms with Crippen LogP contribution in [0.3, 0.4) is 0 Å². The average Bonchev–Trinajstić information content (AvgIpc) is 2.76. The molecule has 0 saturated carbocycles. The van der Waals surface area contributed by atoms with Crippen LogP contribution >= 0.6 is 0 Å². The van der Waals surface area contributed by atoms with Crippen LogP contribution in [0, 0.1) is 11.7 Å². The van der Waals surface area contributed by atoms with Crippen LogP contribution in [0.25, 0.3) is 0 Å². The molecule has 5 heteroatoms. The van der Waals surface area contributed by atoms with Crippen LogP contribution in [0.15, 0.2) is 54.6 Å². The zero-order valence-electron chi connectivity index (χ0n) is 17.5. The number of likely N-dealkylation sites (N-methyl/N-ethyl adjacent to an activating group) is 1. The van der Waals surface area contributed by atoms with Gasteiger partial charge in [-0.1, -0.05) is 56.3 Å². The lowest BCUT2D eigenvalue weighted by Gasteiger charge is -2.39. The number of nitrogens with zero attached hydrogens (tertiary/aromatic N) is 2. The fraction of sp³-hybridized carbons (Fsp3) is 0.458. The molecule has 0 aromatic heterocycles. The number of hydrogen-bond donors (Lipinski definition) is 1. The molecule has 2 unspecified atom stereocenters. The second kappa shape index (κ2) is 10.5. The molecule has 2 atom stereocenters. The summed E-state index contributed by atoms with van der Waals surface area (Å²) in [6, 6.07) is 17.0. The lowest BCUT2D eigenvalue weighted by atomic mass is 9.99. The van der Waals surface area contributed by atoms with Crippen molar-refractivity contribution in [1.29, 1.82) is 0 Å². The number of carbonyl (C=O) groups is 1. The van der Waals surface area contributed by atoms with E-state index in [0.717, 1.165) is 38.3 Å². The van der Waals surface area contributed by atoms with E-state index in [1.165, 1.54) is 17.7 Å². The molecule has 156 valence electrons. The summed E-state index contributed by atoms with van der Waals surface area (Å²) < 4.78 is 13.1. The van der Waals surface area contributed by atoms with Gasteiger partial charge in [0.1, 0.15) is 5.82 Å². The van der Waals surface area contributed by atoms with Gasteiger partial charge < -0.3 is 10.2 Å². The highest BCUT2D eigenvalue weighted by molar-refractivity contribution is 5.78. The van der Waals surface area contributed by atoms with Gasteiger partial charge in [0.2, 0.25) is 5.91 Å². The zero-order chi connectivity index (χ0) is 20.6. The quantitative estimate of drug-likeness (QED) is 0.741. The highest BCUT2D eigenvalue weighted by atomic mass is 19.1. The number of benzene rings is 2. The van der Waals surface area contributed by atoms with Crippen molar-refractivity contribution < 1.29 is 9.18 Å². The molecular formula is C24H32FN3O. The molecule has 1 fully saturated rings. The van der Waals surface area contributed by atoms with Crippen LogP contribution < -0.4 is 5.32 Å². The van der Waals surface area contributed by atoms with Crippen molar-refractivity contribution in [3.05, 3.63) is 71.5 Å². The van der Waals surface area contributed by atoms with Crippen LogP contribution in [0.5, 0.6) is 0 Å². The van der Waals surface area contributed by atoms with Crippen LogP contribution in [0.1, 0.15) is 31.0 Å². The van der Waals surface area contributed by atoms with E-state index in [1.807, 2.05) is 13.0 Å². The predicted octanol–water partition coefficient (Wildman–Crippen LogP) is 3.50. The lowest BCUT2D eigenvalue weighted by Crippen LogP contribution is -2.50. The molecule has 1 N–H and O–H groups in total. The van der Waals surface area contributed by atoms with Crippen molar-refractivity contribution in [3.8, 4) is 0 Å². The van der Waals surface area contributed by atoms with Crippen molar-refractivity contribution in [1.82, 2.24) is 15.1 Å². The Morgan fingerprint density at radius 2 is 1.69 bits per heavy atom. The van der Waals surface area contributed by atoms with E-state index in [4.69, 9.17) is 0 Å². The number of piperazine rings is 1. The predicted molar refractivity (Wildman–Crippen MR) is 115 cm³/mol. The zero-order valence-corrected chi connectivity index (χ0v) is 17.5. The van der Waals surface area contributed by atoms with Crippen molar-refractivity contribution in [3.63, 3.8) is 0 Å². The Balaban J connectivity index is 1.60. The van der Waals surface area contributed by atoms with E-state index < -0.39 is 0 Å². The summed E-state index contributed by atoms with van der Waals surface area (Å²) >= 11 is 0. The smallest absolute Gasteiger partial charge is 0.223 e. The van der Waals surface area contributed by atoms with Gasteiger partial charge in [0.25, 0.3) is 0 Å². The summed E-state index contributed by atoms with van der Waals surface area (Å²) in [6.45, 7) is 9.96. The van der Waals surface area contributed by atoms with Gasteiger partial charge in [0.05, 0.1) is 6.04 Å². The summed E-state index contributed by atoms with van der Waals surface area (Å²) in [4.78, 5) is 17.7. The second-order valence-corrected chi connectivity index (χ2v) is 7.87. The molecule has 0 spiro atoms. The fourth-order valence-corrected chi connectivity index (χ4v) is 3.96. The molecule has 0 radical (unpaired) electrons. The third-order valence-corrected chi connectivity index (χ3v) is 5.85. The molecule has 3 rings (SSSR count). The van der Waals surface area contributed by atoms with E-state index in [2.05, 4.69) is 46.3 Å². The van der Waals surface area contributed by atoms with E-state index in [1.54, 1.807) is 12.1 Å². The Hall–Kier alpha value is -2.24. The number of nitrogens with one attached hydrogen (secondary N) is 1. The van der Waals surface area contributed by atoms with Gasteiger partial charge in [0, 0.05) is 38.6 Å². The summed E-state index contributed by atoms with van der Waals surface area (Å²) in [5, 5.41) is 3.17. The van der Waals surface area contributed by atoms with Gasteiger partial charge in [-0.2, -0.15) is 0 Å². The summed E-state index contributed by atoms with van der Waals surface area (Å²) in [6.07, 6.45) is 0.608. The minimum Gasteiger partial charge on any atom is -0.354 e. The van der Waals surface area contributed by atoms with Crippen molar-refractivity contribution in [2.24, 2.45) is 5.92 Å². The lowest BCUT2D eigenvalue weighted by molar-refractivity contribution is -0.124. The first-order valence-corrected chi connectivity index (χ1v) is 10.6. The first-order valence-electron chi connectivity index (χ1n) is 10.6. The third-order valence-electron chi connectivity index (χ3n) is 5.85. The van der Waals surface area contributed by atoms with Gasteiger partial charge >= 0.3 is 0 Å². The molecule has 1 aliphatic rings. The molecular weight excluding hydrogens is 365 g/mol. The number of amides is 1. The van der Waals surface area contributed by atoms with Gasteiger partial charge in [0.15, 0.2) is 0 Å². The largest absolute Gasteiger partial charge is 0.354 e. The maximum Gasteiger partial charge on any atom is 0.223 e. The van der Waals surface area contributed by atoms with E-state index >= 15 is 0 Å². The van der Waals surface area contributed by atoms with Crippen LogP contribution in [-0.2, 0) is 11.2 Å². The number of hydrogen-bond acceptors (Lipinski definition) is 3. The molecule has 1 amide bonds. The summed E-state index contributed by atoms with van der Waals surface area (Å²) in [5.41, 5.74) is 2.22. The van der Waals surface area contributed by atoms with Crippen LogP contribution in [0.4, 0.5) is 4.39 Å². The monoisotopic (exact) mass is 397 g/mol. The number of carbonyl (C=O) groups excluding carboxylic acids is 1. The Morgan fingerprint density at radius 1 is 1.03 bits per heavy atom. The normalized spacial score (nSPS) is 17.6. The average molecular weight is 398 g/mol. The first kappa shape index (κ1) is 21.5. The van der Waals surface area contributed by atoms with Crippen molar-refractivity contribution in [2.75, 3.05) is 39.3 Å². The number of halogens is 1. The van der Waals surface area contributed by atoms with Gasteiger partial charge in [-0.25, -0.2) is 4.39 Å². The maximum atomic E-state index is 13.1. The molecule has 1 saturated heterocycles. The SMILES string of the molecule is CCN1CCN(C(CNC(=O)C(C)Cc2ccc(F)cc2)c2ccccc2)CC1. The van der Waals surface area contributed by atoms with Crippen LogP contribution in [-0.4, -0.2) is 55.0 Å². The molecule has 0 aliphatic carbocycles. The van der Waals surface area contributed by atoms with E-state index in [9.17, 15) is 9.18 Å². The van der Waals surface area contributed by atoms with Gasteiger partial charge in [-0.05, 0) is 36.2 Å². The first-order chi connectivity index (χ1) is 14.1. The molecule has 4 nitrogen and oxygen atoms in total. The van der Waals surface area contributed by atoms with Crippen molar-refractivity contribution in [2.45, 2.75) is 26.3 Å². The minimum atomic E-state index is -0.250. The summed E-state index contributed by atoms with van der Waals surface area (Å²) in [5.74, 6) is -0.365. The molecule has 0 bridgehead atoms. The van der Waals surface area contributed by atoms with E-state index in [-0.39, 0.29) is 23.7 Å². The molecule has 29 heavy (non-hydrogen) atoms. The second-order valence-electron chi connectivity index (χ2n) is 7.87. The number of rotatable bonds is 8. The third kappa shape index (κ3) is 6.12. The Kier molecular flexibility index (Phi) is 7.78. The Morgan fingerprint density at radius 3 is 2.31 bits per heavy atom. The van der Waals surface area contributed by atoms with Gasteiger partial charge in [-0.15, -0.1) is 0 Å². The van der Waals surface area contributed by atoms with Gasteiger partial charge in [-0.3, -0.25) is 9.69 Å². The van der Waals surface area contributed by atoms with Crippen molar-refractivity contribution >= 4 is 5.91 Å². The Labute approximate surface area is 173 Å².